The first kappa shape index (κ1) is 22.2. The number of halogens is 3. The number of aromatic nitrogens is 3. The van der Waals surface area contributed by atoms with E-state index in [1.807, 2.05) is 4.90 Å². The molecule has 2 heterocycles. The number of nitrogens with zero attached hydrogens (tertiary/aromatic N) is 5. The van der Waals surface area contributed by atoms with Crippen molar-refractivity contribution in [3.8, 4) is 5.69 Å². The summed E-state index contributed by atoms with van der Waals surface area (Å²) in [4.78, 5) is 32.9. The molecule has 4 rings (SSSR count). The van der Waals surface area contributed by atoms with Crippen LogP contribution >= 0.6 is 23.2 Å². The van der Waals surface area contributed by atoms with Gasteiger partial charge in [0.15, 0.2) is 0 Å². The van der Waals surface area contributed by atoms with Crippen molar-refractivity contribution >= 4 is 40.7 Å². The van der Waals surface area contributed by atoms with Crippen LogP contribution in [-0.2, 0) is 4.79 Å². The summed E-state index contributed by atoms with van der Waals surface area (Å²) in [5, 5.41) is 7.53. The van der Waals surface area contributed by atoms with Crippen LogP contribution in [0.5, 0.6) is 0 Å². The number of carbonyl (C=O) groups is 2. The van der Waals surface area contributed by atoms with E-state index < -0.39 is 5.82 Å². The molecule has 1 aliphatic rings. The third kappa shape index (κ3) is 5.07. The smallest absolute Gasteiger partial charge is 0.255 e. The van der Waals surface area contributed by atoms with E-state index in [4.69, 9.17) is 23.2 Å². The van der Waals surface area contributed by atoms with Gasteiger partial charge in [-0.3, -0.25) is 14.5 Å². The van der Waals surface area contributed by atoms with Gasteiger partial charge in [0.2, 0.25) is 5.91 Å². The summed E-state index contributed by atoms with van der Waals surface area (Å²) in [6.45, 7) is 2.05. The molecule has 2 aromatic carbocycles. The minimum Gasteiger partial charge on any atom is -0.336 e. The zero-order valence-electron chi connectivity index (χ0n) is 16.8. The molecule has 0 saturated carbocycles. The Kier molecular flexibility index (Phi) is 6.69. The van der Waals surface area contributed by atoms with Crippen LogP contribution < -0.4 is 5.32 Å². The fourth-order valence-corrected chi connectivity index (χ4v) is 3.90. The molecule has 0 unspecified atom stereocenters. The topological polar surface area (TPSA) is 83.4 Å². The number of nitrogens with one attached hydrogen (secondary N) is 1. The van der Waals surface area contributed by atoms with E-state index in [1.54, 1.807) is 23.1 Å². The quantitative estimate of drug-likeness (QED) is 0.611. The average molecular weight is 477 g/mol. The summed E-state index contributed by atoms with van der Waals surface area (Å²) in [5.41, 5.74) is 1.43. The number of benzene rings is 2. The third-order valence-electron chi connectivity index (χ3n) is 5.09. The van der Waals surface area contributed by atoms with Gasteiger partial charge in [-0.1, -0.05) is 23.2 Å². The molecule has 1 saturated heterocycles. The summed E-state index contributed by atoms with van der Waals surface area (Å²) in [6.07, 6.45) is 2.93. The first-order chi connectivity index (χ1) is 15.4. The van der Waals surface area contributed by atoms with Gasteiger partial charge in [-0.2, -0.15) is 5.10 Å². The third-order valence-corrected chi connectivity index (χ3v) is 5.63. The lowest BCUT2D eigenvalue weighted by Crippen LogP contribution is -2.50. The van der Waals surface area contributed by atoms with Crippen LogP contribution in [0.15, 0.2) is 49.1 Å². The summed E-state index contributed by atoms with van der Waals surface area (Å²) >= 11 is 12.1. The molecule has 1 aliphatic heterocycles. The first-order valence-corrected chi connectivity index (χ1v) is 10.6. The molecule has 0 bridgehead atoms. The summed E-state index contributed by atoms with van der Waals surface area (Å²) in [6, 6.07) is 8.83. The Hall–Kier alpha value is -3.01. The van der Waals surface area contributed by atoms with Gasteiger partial charge in [0.1, 0.15) is 18.5 Å². The zero-order chi connectivity index (χ0) is 22.7. The first-order valence-electron chi connectivity index (χ1n) is 9.82. The minimum atomic E-state index is -0.492. The lowest BCUT2D eigenvalue weighted by Gasteiger charge is -2.34. The van der Waals surface area contributed by atoms with Gasteiger partial charge in [-0.15, -0.1) is 0 Å². The second-order valence-electron chi connectivity index (χ2n) is 7.24. The summed E-state index contributed by atoms with van der Waals surface area (Å²) in [5.74, 6) is -0.959. The second kappa shape index (κ2) is 9.64. The second-order valence-corrected chi connectivity index (χ2v) is 8.09. The van der Waals surface area contributed by atoms with E-state index in [0.717, 1.165) is 6.07 Å². The van der Waals surface area contributed by atoms with Gasteiger partial charge in [-0.25, -0.2) is 14.1 Å². The number of amides is 2. The van der Waals surface area contributed by atoms with Crippen molar-refractivity contribution in [1.29, 1.82) is 0 Å². The number of piperazine rings is 1. The summed E-state index contributed by atoms with van der Waals surface area (Å²) < 4.78 is 14.8. The minimum absolute atomic E-state index is 0.0847. The Balaban J connectivity index is 1.34. The van der Waals surface area contributed by atoms with Crippen molar-refractivity contribution in [3.63, 3.8) is 0 Å². The Morgan fingerprint density at radius 1 is 1.06 bits per heavy atom. The molecular formula is C21H19Cl2FN6O2. The molecule has 1 fully saturated rings. The normalized spacial score (nSPS) is 14.4. The largest absolute Gasteiger partial charge is 0.336 e. The number of rotatable bonds is 5. The van der Waals surface area contributed by atoms with E-state index in [0.29, 0.717) is 42.6 Å². The predicted octanol–water partition coefficient (Wildman–Crippen LogP) is 3.11. The highest BCUT2D eigenvalue weighted by molar-refractivity contribution is 6.33. The monoisotopic (exact) mass is 476 g/mol. The highest BCUT2D eigenvalue weighted by Crippen LogP contribution is 2.24. The fourth-order valence-electron chi connectivity index (χ4n) is 3.48. The van der Waals surface area contributed by atoms with Gasteiger partial charge in [0, 0.05) is 31.2 Å². The summed E-state index contributed by atoms with van der Waals surface area (Å²) in [7, 11) is 0. The maximum absolute atomic E-state index is 13.2. The zero-order valence-corrected chi connectivity index (χ0v) is 18.4. The van der Waals surface area contributed by atoms with Crippen LogP contribution in [0.1, 0.15) is 10.4 Å². The van der Waals surface area contributed by atoms with Crippen LogP contribution in [-0.4, -0.2) is 69.1 Å². The van der Waals surface area contributed by atoms with E-state index in [1.165, 1.54) is 29.5 Å². The Morgan fingerprint density at radius 2 is 1.84 bits per heavy atom. The molecule has 0 aliphatic carbocycles. The number of hydrogen-bond donors (Lipinski definition) is 1. The van der Waals surface area contributed by atoms with Crippen molar-refractivity contribution in [1.82, 2.24) is 24.6 Å². The molecule has 0 radical (unpaired) electrons. The Morgan fingerprint density at radius 3 is 2.53 bits per heavy atom. The van der Waals surface area contributed by atoms with Gasteiger partial charge in [0.25, 0.3) is 5.91 Å². The molecule has 0 atom stereocenters. The van der Waals surface area contributed by atoms with Crippen LogP contribution in [0.3, 0.4) is 0 Å². The Bertz CT molecular complexity index is 1130. The van der Waals surface area contributed by atoms with Gasteiger partial charge in [0.05, 0.1) is 28.5 Å². The van der Waals surface area contributed by atoms with E-state index in [-0.39, 0.29) is 28.9 Å². The molecule has 2 amide bonds. The van der Waals surface area contributed by atoms with Crippen molar-refractivity contribution in [3.05, 3.63) is 70.5 Å². The van der Waals surface area contributed by atoms with Crippen LogP contribution in [0, 0.1) is 5.82 Å². The van der Waals surface area contributed by atoms with Gasteiger partial charge < -0.3 is 10.2 Å². The van der Waals surface area contributed by atoms with E-state index >= 15 is 0 Å². The SMILES string of the molecule is O=C(CN1CCN(C(=O)c2ccc(F)cc2Cl)CC1)Nc1cc(Cl)ccc1-n1cncn1. The molecule has 1 aromatic heterocycles. The molecule has 166 valence electrons. The highest BCUT2D eigenvalue weighted by atomic mass is 35.5. The van der Waals surface area contributed by atoms with Crippen molar-refractivity contribution in [2.24, 2.45) is 0 Å². The molecular weight excluding hydrogens is 458 g/mol. The van der Waals surface area contributed by atoms with Crippen molar-refractivity contribution in [2.45, 2.75) is 0 Å². The Labute approximate surface area is 193 Å². The number of carbonyl (C=O) groups excluding carboxylic acids is 2. The van der Waals surface area contributed by atoms with E-state index in [9.17, 15) is 14.0 Å². The molecule has 3 aromatic rings. The molecule has 8 nitrogen and oxygen atoms in total. The van der Waals surface area contributed by atoms with Crippen LogP contribution in [0.2, 0.25) is 10.0 Å². The molecule has 0 spiro atoms. The molecule has 11 heteroatoms. The maximum atomic E-state index is 13.2. The van der Waals surface area contributed by atoms with Gasteiger partial charge >= 0.3 is 0 Å². The predicted molar refractivity (Wildman–Crippen MR) is 119 cm³/mol. The number of hydrogen-bond acceptors (Lipinski definition) is 5. The van der Waals surface area contributed by atoms with Crippen LogP contribution in [0.4, 0.5) is 10.1 Å². The molecule has 32 heavy (non-hydrogen) atoms. The molecule has 1 N–H and O–H groups in total. The fraction of sp³-hybridized carbons (Fsp3) is 0.238. The van der Waals surface area contributed by atoms with Crippen molar-refractivity contribution in [2.75, 3.05) is 38.0 Å². The number of anilines is 1. The van der Waals surface area contributed by atoms with Crippen LogP contribution in [0.25, 0.3) is 5.69 Å². The van der Waals surface area contributed by atoms with Crippen molar-refractivity contribution < 1.29 is 14.0 Å². The lowest BCUT2D eigenvalue weighted by molar-refractivity contribution is -0.117. The average Bonchev–Trinajstić information content (AvgIpc) is 3.28. The standard InChI is InChI=1S/C21H19Cl2FN6O2/c22-14-1-4-19(30-13-25-12-26-30)18(9-14)27-20(31)11-28-5-7-29(8-6-28)21(32)16-3-2-15(24)10-17(16)23/h1-4,9-10,12-13H,5-8,11H2,(H,27,31). The highest BCUT2D eigenvalue weighted by Gasteiger charge is 2.25. The lowest BCUT2D eigenvalue weighted by atomic mass is 10.1. The maximum Gasteiger partial charge on any atom is 0.255 e. The van der Waals surface area contributed by atoms with Gasteiger partial charge in [-0.05, 0) is 36.4 Å². The van der Waals surface area contributed by atoms with E-state index in [2.05, 4.69) is 15.4 Å².